The van der Waals surface area contributed by atoms with E-state index in [2.05, 4.69) is 107 Å². The summed E-state index contributed by atoms with van der Waals surface area (Å²) in [5.74, 6) is 0.608. The van der Waals surface area contributed by atoms with Gasteiger partial charge in [-0.15, -0.1) is 0 Å². The predicted molar refractivity (Wildman–Crippen MR) is 140 cm³/mol. The van der Waals surface area contributed by atoms with Gasteiger partial charge in [0, 0.05) is 11.1 Å². The Labute approximate surface area is 202 Å². The van der Waals surface area contributed by atoms with Crippen molar-refractivity contribution in [3.63, 3.8) is 0 Å². The highest BCUT2D eigenvalue weighted by Gasteiger charge is 2.27. The number of hydrogen-bond acceptors (Lipinski definition) is 3. The topological polar surface area (TPSA) is 49.7 Å². The number of phenols is 2. The van der Waals surface area contributed by atoms with Crippen LogP contribution in [0.5, 0.6) is 11.5 Å². The number of ether oxygens (including phenoxy) is 1. The molecule has 0 saturated carbocycles. The Bertz CT molecular complexity index is 906. The Morgan fingerprint density at radius 1 is 0.515 bits per heavy atom. The lowest BCUT2D eigenvalue weighted by Gasteiger charge is -2.28. The van der Waals surface area contributed by atoms with E-state index < -0.39 is 0 Å². The van der Waals surface area contributed by atoms with Crippen LogP contribution in [0.4, 0.5) is 0 Å². The summed E-state index contributed by atoms with van der Waals surface area (Å²) in [6.07, 6.45) is 0. The van der Waals surface area contributed by atoms with Crippen LogP contribution in [0.25, 0.3) is 0 Å². The zero-order valence-corrected chi connectivity index (χ0v) is 23.0. The molecule has 2 aromatic carbocycles. The van der Waals surface area contributed by atoms with Crippen molar-refractivity contribution in [3.8, 4) is 11.5 Å². The van der Waals surface area contributed by atoms with Crippen LogP contribution in [0.15, 0.2) is 24.3 Å². The van der Waals surface area contributed by atoms with E-state index in [0.717, 1.165) is 22.3 Å². The first-order chi connectivity index (χ1) is 14.7. The van der Waals surface area contributed by atoms with E-state index in [1.54, 1.807) is 0 Å². The first kappa shape index (κ1) is 27.2. The van der Waals surface area contributed by atoms with Crippen LogP contribution in [0.3, 0.4) is 0 Å². The zero-order chi connectivity index (χ0) is 25.6. The number of aromatic hydroxyl groups is 2. The minimum absolute atomic E-state index is 0.0383. The normalized spacial score (nSPS) is 13.5. The van der Waals surface area contributed by atoms with Crippen molar-refractivity contribution in [2.45, 2.75) is 118 Å². The van der Waals surface area contributed by atoms with E-state index in [4.69, 9.17) is 4.74 Å². The second-order valence-electron chi connectivity index (χ2n) is 13.6. The third-order valence-corrected chi connectivity index (χ3v) is 6.24. The van der Waals surface area contributed by atoms with Crippen molar-refractivity contribution in [2.75, 3.05) is 0 Å². The molecule has 0 aliphatic heterocycles. The molecule has 2 rings (SSSR count). The largest absolute Gasteiger partial charge is 0.507 e. The lowest BCUT2D eigenvalue weighted by molar-refractivity contribution is 0.103. The van der Waals surface area contributed by atoms with Crippen molar-refractivity contribution < 1.29 is 14.9 Å². The fourth-order valence-electron chi connectivity index (χ4n) is 3.89. The molecule has 0 radical (unpaired) electrons. The molecule has 0 aliphatic rings. The van der Waals surface area contributed by atoms with Crippen LogP contribution in [0, 0.1) is 0 Å². The van der Waals surface area contributed by atoms with Gasteiger partial charge in [-0.2, -0.15) is 0 Å². The molecule has 2 aromatic rings. The predicted octanol–water partition coefficient (Wildman–Crippen LogP) is 8.00. The van der Waals surface area contributed by atoms with Gasteiger partial charge < -0.3 is 14.9 Å². The van der Waals surface area contributed by atoms with Crippen molar-refractivity contribution in [1.82, 2.24) is 0 Å². The second-order valence-corrected chi connectivity index (χ2v) is 13.6. The van der Waals surface area contributed by atoms with Crippen LogP contribution in [0.1, 0.15) is 116 Å². The molecule has 0 amide bonds. The monoisotopic (exact) mass is 454 g/mol. The van der Waals surface area contributed by atoms with Gasteiger partial charge in [-0.1, -0.05) is 95.2 Å². The van der Waals surface area contributed by atoms with E-state index in [0.29, 0.717) is 11.5 Å². The SMILES string of the molecule is CC(C)(C)c1cc(COCc2cc(C(C)(C)C)cc(C(C)(C)C)c2O)c(O)c(C(C)(C)C)c1. The second kappa shape index (κ2) is 8.98. The van der Waals surface area contributed by atoms with Crippen LogP contribution in [-0.2, 0) is 39.6 Å². The van der Waals surface area contributed by atoms with Gasteiger partial charge in [-0.25, -0.2) is 0 Å². The maximum atomic E-state index is 11.0. The van der Waals surface area contributed by atoms with Crippen molar-refractivity contribution >= 4 is 0 Å². The Morgan fingerprint density at radius 2 is 0.818 bits per heavy atom. The minimum atomic E-state index is -0.180. The Kier molecular flexibility index (Phi) is 7.42. The molecule has 0 aromatic heterocycles. The van der Waals surface area contributed by atoms with Crippen LogP contribution in [-0.4, -0.2) is 10.2 Å². The number of phenolic OH excluding ortho intramolecular Hbond substituents is 2. The molecule has 0 atom stereocenters. The molecule has 0 unspecified atom stereocenters. The Balaban J connectivity index is 2.43. The molecule has 33 heavy (non-hydrogen) atoms. The third kappa shape index (κ3) is 6.53. The van der Waals surface area contributed by atoms with Crippen LogP contribution in [0.2, 0.25) is 0 Å². The number of rotatable bonds is 4. The molecular weight excluding hydrogens is 408 g/mol. The number of benzene rings is 2. The van der Waals surface area contributed by atoms with Crippen molar-refractivity contribution in [1.29, 1.82) is 0 Å². The molecule has 0 aliphatic carbocycles. The lowest BCUT2D eigenvalue weighted by Crippen LogP contribution is -2.18. The van der Waals surface area contributed by atoms with E-state index >= 15 is 0 Å². The number of hydrogen-bond donors (Lipinski definition) is 2. The summed E-state index contributed by atoms with van der Waals surface area (Å²) in [5, 5.41) is 22.1. The van der Waals surface area contributed by atoms with Gasteiger partial charge >= 0.3 is 0 Å². The molecule has 0 saturated heterocycles. The van der Waals surface area contributed by atoms with E-state index in [9.17, 15) is 10.2 Å². The summed E-state index contributed by atoms with van der Waals surface area (Å²) in [6.45, 7) is 26.3. The highest BCUT2D eigenvalue weighted by Crippen LogP contribution is 2.40. The third-order valence-electron chi connectivity index (χ3n) is 6.24. The fourth-order valence-corrected chi connectivity index (χ4v) is 3.89. The highest BCUT2D eigenvalue weighted by atomic mass is 16.5. The first-order valence-corrected chi connectivity index (χ1v) is 12.0. The van der Waals surface area contributed by atoms with Crippen molar-refractivity contribution in [3.05, 3.63) is 57.6 Å². The lowest BCUT2D eigenvalue weighted by atomic mass is 9.79. The Morgan fingerprint density at radius 3 is 1.06 bits per heavy atom. The molecule has 2 N–H and O–H groups in total. The molecule has 3 nitrogen and oxygen atoms in total. The van der Waals surface area contributed by atoms with Gasteiger partial charge in [0.1, 0.15) is 11.5 Å². The molecule has 0 bridgehead atoms. The quantitative estimate of drug-likeness (QED) is 0.492. The molecule has 184 valence electrons. The van der Waals surface area contributed by atoms with Crippen molar-refractivity contribution in [2.24, 2.45) is 0 Å². The molecule has 0 spiro atoms. The van der Waals surface area contributed by atoms with E-state index in [1.807, 2.05) is 0 Å². The van der Waals surface area contributed by atoms with Crippen LogP contribution >= 0.6 is 0 Å². The van der Waals surface area contributed by atoms with Gasteiger partial charge in [0.2, 0.25) is 0 Å². The maximum absolute atomic E-state index is 11.0. The van der Waals surface area contributed by atoms with Gasteiger partial charge in [0.25, 0.3) is 0 Å². The van der Waals surface area contributed by atoms with Gasteiger partial charge in [-0.3, -0.25) is 0 Å². The molecule has 0 fully saturated rings. The Hall–Kier alpha value is -2.00. The summed E-state index contributed by atoms with van der Waals surface area (Å²) in [7, 11) is 0. The minimum Gasteiger partial charge on any atom is -0.507 e. The summed E-state index contributed by atoms with van der Waals surface area (Å²) >= 11 is 0. The summed E-state index contributed by atoms with van der Waals surface area (Å²) < 4.78 is 6.12. The summed E-state index contributed by atoms with van der Waals surface area (Å²) in [4.78, 5) is 0. The first-order valence-electron chi connectivity index (χ1n) is 12.0. The maximum Gasteiger partial charge on any atom is 0.124 e. The summed E-state index contributed by atoms with van der Waals surface area (Å²) in [5.41, 5.74) is 5.36. The smallest absolute Gasteiger partial charge is 0.124 e. The van der Waals surface area contributed by atoms with Gasteiger partial charge in [0.05, 0.1) is 13.2 Å². The van der Waals surface area contributed by atoms with Crippen LogP contribution < -0.4 is 0 Å². The van der Waals surface area contributed by atoms with Gasteiger partial charge in [-0.05, 0) is 56.0 Å². The fraction of sp³-hybridized carbons (Fsp3) is 0.600. The average molecular weight is 455 g/mol. The molecular formula is C30H46O3. The zero-order valence-electron chi connectivity index (χ0n) is 23.0. The van der Waals surface area contributed by atoms with E-state index in [1.165, 1.54) is 11.1 Å². The molecule has 0 heterocycles. The standard InChI is InChI=1S/C30H46O3/c1-27(2,3)21-13-19(25(31)23(15-21)29(7,8)9)17-33-18-20-14-22(28(4,5)6)16-24(26(20)32)30(10,11)12/h13-16,31-32H,17-18H2,1-12H3. The summed E-state index contributed by atoms with van der Waals surface area (Å²) in [6, 6.07) is 8.34. The average Bonchev–Trinajstić information content (AvgIpc) is 2.60. The van der Waals surface area contributed by atoms with Gasteiger partial charge in [0.15, 0.2) is 0 Å². The van der Waals surface area contributed by atoms with E-state index in [-0.39, 0.29) is 34.9 Å². The molecule has 3 heteroatoms. The highest BCUT2D eigenvalue weighted by molar-refractivity contribution is 5.50.